The Morgan fingerprint density at radius 1 is 1.14 bits per heavy atom. The first-order valence-corrected chi connectivity index (χ1v) is 7.78. The Kier molecular flexibility index (Phi) is 2.78. The van der Waals surface area contributed by atoms with Gasteiger partial charge in [0.1, 0.15) is 5.69 Å². The van der Waals surface area contributed by atoms with Crippen molar-refractivity contribution in [3.05, 3.63) is 44.9 Å². The van der Waals surface area contributed by atoms with Gasteiger partial charge in [0, 0.05) is 10.5 Å². The van der Waals surface area contributed by atoms with Crippen LogP contribution in [0.15, 0.2) is 34.8 Å². The van der Waals surface area contributed by atoms with E-state index in [2.05, 4.69) is 15.9 Å². The Balaban J connectivity index is 1.81. The van der Waals surface area contributed by atoms with Gasteiger partial charge in [-0.3, -0.25) is 19.7 Å². The number of halogens is 1. The lowest BCUT2D eigenvalue weighted by molar-refractivity contribution is -0.384. The van der Waals surface area contributed by atoms with Gasteiger partial charge in [0.05, 0.1) is 16.8 Å². The Morgan fingerprint density at radius 3 is 2.27 bits per heavy atom. The highest BCUT2D eigenvalue weighted by Gasteiger charge is 2.60. The number of hydrogen-bond acceptors (Lipinski definition) is 4. The highest BCUT2D eigenvalue weighted by molar-refractivity contribution is 9.10. The number of nitro benzene ring substituents is 1. The number of carbonyl (C=O) groups excluding carboxylic acids is 2. The van der Waals surface area contributed by atoms with Crippen LogP contribution in [0.25, 0.3) is 0 Å². The average Bonchev–Trinajstić information content (AvgIpc) is 3.14. The smallest absolute Gasteiger partial charge is 0.274 e. The van der Waals surface area contributed by atoms with Crippen LogP contribution in [0.3, 0.4) is 0 Å². The molecule has 1 aromatic carbocycles. The predicted molar refractivity (Wildman–Crippen MR) is 81.0 cm³/mol. The summed E-state index contributed by atoms with van der Waals surface area (Å²) in [4.78, 5) is 37.1. The van der Waals surface area contributed by atoms with Gasteiger partial charge >= 0.3 is 0 Å². The first kappa shape index (κ1) is 13.6. The van der Waals surface area contributed by atoms with Crippen LogP contribution in [0, 0.1) is 33.8 Å². The second-order valence-corrected chi connectivity index (χ2v) is 6.82. The lowest BCUT2D eigenvalue weighted by Crippen LogP contribution is -2.33. The van der Waals surface area contributed by atoms with Gasteiger partial charge in [-0.05, 0) is 30.4 Å². The van der Waals surface area contributed by atoms with Gasteiger partial charge in [-0.25, -0.2) is 4.90 Å². The standard InChI is InChI=1S/C15H11BrN2O4/c16-9-3-4-10(11(6-9)18(21)22)17-14(19)12-7-1-2-8(5-7)13(12)15(17)20/h1-4,6-8,12-13H,5H2/t7-,8-,12+,13+/m0/s1. The molecule has 3 aliphatic rings. The molecule has 0 radical (unpaired) electrons. The monoisotopic (exact) mass is 362 g/mol. The zero-order valence-electron chi connectivity index (χ0n) is 11.3. The molecule has 22 heavy (non-hydrogen) atoms. The van der Waals surface area contributed by atoms with E-state index in [4.69, 9.17) is 0 Å². The van der Waals surface area contributed by atoms with Crippen molar-refractivity contribution in [2.24, 2.45) is 23.7 Å². The number of benzene rings is 1. The van der Waals surface area contributed by atoms with Gasteiger partial charge in [0.2, 0.25) is 11.8 Å². The Labute approximate surface area is 134 Å². The molecule has 2 fully saturated rings. The molecule has 1 saturated heterocycles. The van der Waals surface area contributed by atoms with Crippen LogP contribution in [0.5, 0.6) is 0 Å². The first-order valence-electron chi connectivity index (χ1n) is 6.99. The van der Waals surface area contributed by atoms with Crippen LogP contribution in [0.4, 0.5) is 11.4 Å². The molecule has 0 aromatic heterocycles. The number of carbonyl (C=O) groups is 2. The number of nitro groups is 1. The van der Waals surface area contributed by atoms with E-state index in [1.54, 1.807) is 6.07 Å². The number of amides is 2. The molecule has 4 rings (SSSR count). The number of hydrogen-bond donors (Lipinski definition) is 0. The molecular weight excluding hydrogens is 352 g/mol. The highest BCUT2D eigenvalue weighted by atomic mass is 79.9. The summed E-state index contributed by atoms with van der Waals surface area (Å²) in [6.45, 7) is 0. The van der Waals surface area contributed by atoms with Crippen LogP contribution >= 0.6 is 15.9 Å². The molecule has 0 N–H and O–H groups in total. The number of fused-ring (bicyclic) bond motifs is 5. The molecule has 2 aliphatic carbocycles. The molecule has 1 aromatic rings. The maximum atomic E-state index is 12.7. The van der Waals surface area contributed by atoms with E-state index in [-0.39, 0.29) is 46.9 Å². The summed E-state index contributed by atoms with van der Waals surface area (Å²) in [5, 5.41) is 11.3. The number of rotatable bonds is 2. The van der Waals surface area contributed by atoms with E-state index in [1.165, 1.54) is 12.1 Å². The fraction of sp³-hybridized carbons (Fsp3) is 0.333. The Morgan fingerprint density at radius 2 is 1.73 bits per heavy atom. The molecule has 1 saturated carbocycles. The van der Waals surface area contributed by atoms with Crippen LogP contribution in [-0.2, 0) is 9.59 Å². The van der Waals surface area contributed by atoms with Gasteiger partial charge in [-0.1, -0.05) is 28.1 Å². The largest absolute Gasteiger partial charge is 0.294 e. The SMILES string of the molecule is O=C1[C@H]2[C@H](C(=O)N1c1ccc(Br)cc1[N+](=O)[O-])[C@H]1C=C[C@H]2C1. The maximum absolute atomic E-state index is 12.7. The van der Waals surface area contributed by atoms with Gasteiger partial charge in [0.25, 0.3) is 5.69 Å². The zero-order valence-corrected chi connectivity index (χ0v) is 12.9. The molecule has 0 spiro atoms. The molecule has 7 heteroatoms. The molecule has 2 bridgehead atoms. The minimum absolute atomic E-state index is 0.0667. The summed E-state index contributed by atoms with van der Waals surface area (Å²) in [7, 11) is 0. The minimum Gasteiger partial charge on any atom is -0.274 e. The number of allylic oxidation sites excluding steroid dienone is 2. The highest BCUT2D eigenvalue weighted by Crippen LogP contribution is 2.53. The molecule has 1 aliphatic heterocycles. The van der Waals surface area contributed by atoms with Crippen molar-refractivity contribution in [3.63, 3.8) is 0 Å². The molecule has 2 amide bonds. The van der Waals surface area contributed by atoms with Crippen LogP contribution in [0.2, 0.25) is 0 Å². The minimum atomic E-state index is -0.568. The fourth-order valence-corrected chi connectivity index (χ4v) is 4.32. The van der Waals surface area contributed by atoms with Gasteiger partial charge < -0.3 is 0 Å². The zero-order chi connectivity index (χ0) is 15.6. The fourth-order valence-electron chi connectivity index (χ4n) is 3.97. The van der Waals surface area contributed by atoms with Crippen LogP contribution in [0.1, 0.15) is 6.42 Å². The van der Waals surface area contributed by atoms with Gasteiger partial charge in [0.15, 0.2) is 0 Å². The van der Waals surface area contributed by atoms with Crippen molar-refractivity contribution >= 4 is 39.1 Å². The molecule has 1 heterocycles. The third-order valence-corrected chi connectivity index (χ3v) is 5.34. The van der Waals surface area contributed by atoms with E-state index in [0.717, 1.165) is 11.3 Å². The second kappa shape index (κ2) is 4.49. The second-order valence-electron chi connectivity index (χ2n) is 5.90. The van der Waals surface area contributed by atoms with E-state index in [0.29, 0.717) is 4.47 Å². The van der Waals surface area contributed by atoms with Gasteiger partial charge in [-0.15, -0.1) is 0 Å². The number of nitrogens with zero attached hydrogens (tertiary/aromatic N) is 2. The van der Waals surface area contributed by atoms with Crippen molar-refractivity contribution in [1.29, 1.82) is 0 Å². The summed E-state index contributed by atoms with van der Waals surface area (Å²) in [5.41, 5.74) is -0.173. The molecule has 0 unspecified atom stereocenters. The maximum Gasteiger partial charge on any atom is 0.294 e. The summed E-state index contributed by atoms with van der Waals surface area (Å²) in [5.74, 6) is -1.15. The molecule has 6 nitrogen and oxygen atoms in total. The molecule has 112 valence electrons. The topological polar surface area (TPSA) is 80.5 Å². The normalized spacial score (nSPS) is 32.0. The van der Waals surface area contributed by atoms with Crippen molar-refractivity contribution < 1.29 is 14.5 Å². The summed E-state index contributed by atoms with van der Waals surface area (Å²) in [6, 6.07) is 4.37. The number of imide groups is 1. The van der Waals surface area contributed by atoms with E-state index >= 15 is 0 Å². The van der Waals surface area contributed by atoms with Crippen LogP contribution < -0.4 is 4.90 Å². The average molecular weight is 363 g/mol. The Hall–Kier alpha value is -2.02. The lowest BCUT2D eigenvalue weighted by atomic mass is 9.85. The van der Waals surface area contributed by atoms with Crippen LogP contribution in [-0.4, -0.2) is 16.7 Å². The third-order valence-electron chi connectivity index (χ3n) is 4.85. The lowest BCUT2D eigenvalue weighted by Gasteiger charge is -2.17. The molecular formula is C15H11BrN2O4. The Bertz CT molecular complexity index is 730. The van der Waals surface area contributed by atoms with Crippen molar-refractivity contribution in [2.75, 3.05) is 4.90 Å². The van der Waals surface area contributed by atoms with Crippen molar-refractivity contribution in [3.8, 4) is 0 Å². The predicted octanol–water partition coefficient (Wildman–Crippen LogP) is 2.67. The first-order chi connectivity index (χ1) is 10.5. The summed E-state index contributed by atoms with van der Waals surface area (Å²) in [6.07, 6.45) is 4.83. The van der Waals surface area contributed by atoms with E-state index in [1.807, 2.05) is 12.2 Å². The molecule has 4 atom stereocenters. The number of anilines is 1. The summed E-state index contributed by atoms with van der Waals surface area (Å²) >= 11 is 3.18. The van der Waals surface area contributed by atoms with Crippen molar-refractivity contribution in [1.82, 2.24) is 0 Å². The van der Waals surface area contributed by atoms with Crippen molar-refractivity contribution in [2.45, 2.75) is 6.42 Å². The third kappa shape index (κ3) is 1.65. The van der Waals surface area contributed by atoms with E-state index < -0.39 is 4.92 Å². The van der Waals surface area contributed by atoms with E-state index in [9.17, 15) is 19.7 Å². The summed E-state index contributed by atoms with van der Waals surface area (Å²) < 4.78 is 0.531. The van der Waals surface area contributed by atoms with Gasteiger partial charge in [-0.2, -0.15) is 0 Å². The quantitative estimate of drug-likeness (QED) is 0.350.